The first kappa shape index (κ1) is 80.2. The van der Waals surface area contributed by atoms with E-state index in [1.54, 1.807) is 0 Å². The van der Waals surface area contributed by atoms with Crippen molar-refractivity contribution in [3.05, 3.63) is 467 Å². The zero-order valence-electron chi connectivity index (χ0n) is 74.2. The van der Waals surface area contributed by atoms with Gasteiger partial charge in [-0.25, -0.2) is 29.9 Å². The highest BCUT2D eigenvalue weighted by atomic mass is 32.1. The van der Waals surface area contributed by atoms with Gasteiger partial charge in [0.05, 0.1) is 43.5 Å². The van der Waals surface area contributed by atoms with Gasteiger partial charge >= 0.3 is 0 Å². The third kappa shape index (κ3) is 13.5. The van der Waals surface area contributed by atoms with Gasteiger partial charge < -0.3 is 13.7 Å². The van der Waals surface area contributed by atoms with Crippen LogP contribution in [0.1, 0.15) is 0 Å². The smallest absolute Gasteiger partial charge is 0.166 e. The second-order valence-electron chi connectivity index (χ2n) is 35.0. The minimum absolute atomic E-state index is 0.601. The van der Waals surface area contributed by atoms with Crippen LogP contribution >= 0.6 is 34.0 Å². The Bertz CT molecular complexity index is 9580. The largest absolute Gasteiger partial charge is 0.309 e. The zero-order valence-corrected chi connectivity index (χ0v) is 76.7. The predicted molar refractivity (Wildman–Crippen MR) is 581 cm³/mol. The van der Waals surface area contributed by atoms with Crippen molar-refractivity contribution in [3.63, 3.8) is 0 Å². The lowest BCUT2D eigenvalue weighted by molar-refractivity contribution is 1.06. The van der Waals surface area contributed by atoms with Crippen molar-refractivity contribution < 1.29 is 0 Å². The van der Waals surface area contributed by atoms with E-state index in [0.717, 1.165) is 100 Å². The molecule has 0 fully saturated rings. The summed E-state index contributed by atoms with van der Waals surface area (Å²) in [7, 11) is 0. The van der Waals surface area contributed by atoms with Crippen LogP contribution in [0.5, 0.6) is 0 Å². The highest BCUT2D eigenvalue weighted by Gasteiger charge is 2.29. The summed E-state index contributed by atoms with van der Waals surface area (Å²) in [5.41, 5.74) is 27.2. The van der Waals surface area contributed by atoms with Crippen LogP contribution in [-0.4, -0.2) is 43.6 Å². The van der Waals surface area contributed by atoms with E-state index < -0.39 is 0 Å². The second kappa shape index (κ2) is 33.3. The van der Waals surface area contributed by atoms with Crippen LogP contribution < -0.4 is 0 Å². The SMILES string of the molecule is c1ccc(-c2ccc(-c3ccccc3)c(-c3ccc(-n4c5ccccc5c5ccc6c7ccccc7sc6c54)c(-c4nc(-c5ccccc5)nc(-c5ccccc5)n4)c3)c2)cc1.c1ccc(-c2nc(-c3ccccc3)nc(-c3cc(-c4cccc5c4sc4ccc6c(c7ccccc7n6-c6ccccc6)c45)ccc3-c3cccc4c3sc3ccc5c(c6ccccc6n5-c5ccccc5)c34)n2)cc1. The van der Waals surface area contributed by atoms with E-state index in [-0.39, 0.29) is 0 Å². The lowest BCUT2D eigenvalue weighted by Gasteiger charge is -2.18. The molecule has 28 aromatic rings. The Morgan fingerprint density at radius 2 is 0.529 bits per heavy atom. The van der Waals surface area contributed by atoms with Gasteiger partial charge in [0, 0.05) is 138 Å². The summed E-state index contributed by atoms with van der Waals surface area (Å²) in [6.45, 7) is 0. The summed E-state index contributed by atoms with van der Waals surface area (Å²) in [5, 5.41) is 15.0. The van der Waals surface area contributed by atoms with Crippen LogP contribution in [0.15, 0.2) is 467 Å². The Morgan fingerprint density at radius 1 is 0.159 bits per heavy atom. The van der Waals surface area contributed by atoms with Gasteiger partial charge in [0.15, 0.2) is 34.9 Å². The maximum atomic E-state index is 5.42. The first-order valence-electron chi connectivity index (χ1n) is 46.4. The number of thiophene rings is 3. The van der Waals surface area contributed by atoms with Gasteiger partial charge in [-0.1, -0.05) is 370 Å². The summed E-state index contributed by atoms with van der Waals surface area (Å²) in [5.74, 6) is 3.72. The highest BCUT2D eigenvalue weighted by Crippen LogP contribution is 2.53. The van der Waals surface area contributed by atoms with Crippen LogP contribution in [0.25, 0.3) is 267 Å². The van der Waals surface area contributed by atoms with Crippen molar-refractivity contribution in [2.24, 2.45) is 0 Å². The number of fused-ring (bicyclic) bond motifs is 21. The minimum Gasteiger partial charge on any atom is -0.309 e. The lowest BCUT2D eigenvalue weighted by Crippen LogP contribution is -2.04. The molecular weight excluding hydrogens is 1740 g/mol. The molecule has 8 aromatic heterocycles. The molecule has 28 rings (SSSR count). The van der Waals surface area contributed by atoms with Crippen LogP contribution in [0.4, 0.5) is 0 Å². The van der Waals surface area contributed by atoms with Gasteiger partial charge in [-0.2, -0.15) is 0 Å². The first-order valence-corrected chi connectivity index (χ1v) is 48.9. The number of para-hydroxylation sites is 5. The fourth-order valence-electron chi connectivity index (χ4n) is 20.9. The fraction of sp³-hybridized carbons (Fsp3) is 0. The van der Waals surface area contributed by atoms with Gasteiger partial charge in [-0.15, -0.1) is 34.0 Å². The van der Waals surface area contributed by atoms with Gasteiger partial charge in [0.1, 0.15) is 0 Å². The molecule has 0 aliphatic rings. The predicted octanol–water partition coefficient (Wildman–Crippen LogP) is 34.5. The number of benzene rings is 20. The van der Waals surface area contributed by atoms with E-state index in [2.05, 4.69) is 408 Å². The molecule has 644 valence electrons. The normalized spacial score (nSPS) is 11.8. The fourth-order valence-corrected chi connectivity index (χ4v) is 24.6. The first-order chi connectivity index (χ1) is 68.5. The molecule has 9 nitrogen and oxygen atoms in total. The average Bonchev–Trinajstić information content (AvgIpc) is 1.56. The quantitative estimate of drug-likeness (QED) is 0.108. The number of aromatic nitrogens is 9. The average molecular weight is 1810 g/mol. The van der Waals surface area contributed by atoms with Crippen molar-refractivity contribution >= 4 is 160 Å². The summed E-state index contributed by atoms with van der Waals surface area (Å²) in [6.07, 6.45) is 0. The zero-order chi connectivity index (χ0) is 90.8. The van der Waals surface area contributed by atoms with Crippen molar-refractivity contribution in [2.75, 3.05) is 0 Å². The van der Waals surface area contributed by atoms with E-state index in [1.165, 1.54) is 132 Å². The molecule has 0 aliphatic carbocycles. The monoisotopic (exact) mass is 1810 g/mol. The standard InChI is InChI=1S/C69H41N5S2.C57H36N4S/c1-5-19-42(20-6-1)67-70-68(43-21-7-2-8-22-43)72-69(71-67)54-41-44(47-29-17-31-52-63-59(75-65(47)52)39-37-57-61(63)50-27-13-15-33-55(50)73(57)45-23-9-3-10-24-45)35-36-48(54)49-30-18-32-53-64-60(76-66(49)53)40-38-58-62(64)51-28-14-16-34-56(51)74(58)46-25-11-4-12-26-46;1-5-17-37(18-6-1)41-29-31-43(38-19-7-2-8-20-38)48(35-41)42-30-34-51(49(36-42)57-59-55(39-21-9-3-10-22-39)58-56(60-57)40-23-11-4-12-24-40)61-50-27-15-13-25-44(50)46-32-33-47-45-26-14-16-28-52(45)62-54(47)53(46)61/h1-41H;1-36H. The maximum Gasteiger partial charge on any atom is 0.166 e. The molecule has 0 spiro atoms. The Morgan fingerprint density at radius 3 is 1.06 bits per heavy atom. The van der Waals surface area contributed by atoms with Crippen molar-refractivity contribution in [2.45, 2.75) is 0 Å². The lowest BCUT2D eigenvalue weighted by atomic mass is 9.90. The van der Waals surface area contributed by atoms with Crippen LogP contribution in [0.3, 0.4) is 0 Å². The van der Waals surface area contributed by atoms with Crippen molar-refractivity contribution in [1.82, 2.24) is 43.6 Å². The third-order valence-corrected chi connectivity index (χ3v) is 30.7. The molecule has 138 heavy (non-hydrogen) atoms. The van der Waals surface area contributed by atoms with E-state index in [1.807, 2.05) is 107 Å². The van der Waals surface area contributed by atoms with Gasteiger partial charge in [0.2, 0.25) is 0 Å². The Kier molecular flexibility index (Phi) is 19.3. The molecule has 0 saturated carbocycles. The second-order valence-corrected chi connectivity index (χ2v) is 38.1. The van der Waals surface area contributed by atoms with E-state index in [9.17, 15) is 0 Å². The van der Waals surface area contributed by atoms with E-state index >= 15 is 0 Å². The number of rotatable bonds is 14. The van der Waals surface area contributed by atoms with Gasteiger partial charge in [0.25, 0.3) is 0 Å². The topological polar surface area (TPSA) is 92.1 Å². The van der Waals surface area contributed by atoms with Crippen LogP contribution in [-0.2, 0) is 0 Å². The summed E-state index contributed by atoms with van der Waals surface area (Å²) in [4.78, 5) is 31.8. The molecule has 0 bridgehead atoms. The third-order valence-electron chi connectivity index (χ3n) is 27.1. The molecule has 0 amide bonds. The summed E-state index contributed by atoms with van der Waals surface area (Å²) in [6, 6.07) is 167. The maximum absolute atomic E-state index is 5.42. The van der Waals surface area contributed by atoms with Gasteiger partial charge in [-0.05, 0) is 147 Å². The number of nitrogens with zero attached hydrogens (tertiary/aromatic N) is 9. The Balaban J connectivity index is 0.000000142. The molecule has 0 unspecified atom stereocenters. The van der Waals surface area contributed by atoms with E-state index in [4.69, 9.17) is 29.9 Å². The molecule has 0 atom stereocenters. The molecule has 0 N–H and O–H groups in total. The molecule has 8 heterocycles. The van der Waals surface area contributed by atoms with Crippen LogP contribution in [0, 0.1) is 0 Å². The summed E-state index contributed by atoms with van der Waals surface area (Å²) < 4.78 is 14.8. The minimum atomic E-state index is 0.601. The highest BCUT2D eigenvalue weighted by molar-refractivity contribution is 7.27. The molecule has 20 aromatic carbocycles. The van der Waals surface area contributed by atoms with Crippen molar-refractivity contribution in [1.29, 1.82) is 0 Å². The summed E-state index contributed by atoms with van der Waals surface area (Å²) >= 11 is 5.58. The van der Waals surface area contributed by atoms with Gasteiger partial charge in [-0.3, -0.25) is 0 Å². The molecule has 12 heteroatoms. The Hall–Kier alpha value is -17.5. The molecule has 0 aliphatic heterocycles. The Labute approximate surface area is 805 Å². The van der Waals surface area contributed by atoms with Crippen LogP contribution in [0.2, 0.25) is 0 Å². The number of hydrogen-bond acceptors (Lipinski definition) is 9. The molecular formula is C126H77N9S3. The molecule has 0 saturated heterocycles. The van der Waals surface area contributed by atoms with Crippen molar-refractivity contribution in [3.8, 4) is 141 Å². The van der Waals surface area contributed by atoms with E-state index in [0.29, 0.717) is 34.9 Å². The molecule has 0 radical (unpaired) electrons. The number of hydrogen-bond donors (Lipinski definition) is 0.